The molecule has 0 aliphatic carbocycles. The third-order valence-corrected chi connectivity index (χ3v) is 5.75. The summed E-state index contributed by atoms with van der Waals surface area (Å²) in [5.74, 6) is 0.575. The summed E-state index contributed by atoms with van der Waals surface area (Å²) < 4.78 is 7.88. The number of carbonyl (C=O) groups is 1. The Balaban J connectivity index is 1.23. The van der Waals surface area contributed by atoms with E-state index in [0.29, 0.717) is 17.9 Å². The first-order valence-electron chi connectivity index (χ1n) is 11.0. The molecule has 0 unspecified atom stereocenters. The average Bonchev–Trinajstić information content (AvgIpc) is 3.48. The molecule has 6 nitrogen and oxygen atoms in total. The number of amides is 1. The van der Waals surface area contributed by atoms with Crippen molar-refractivity contribution in [3.63, 3.8) is 0 Å². The summed E-state index contributed by atoms with van der Waals surface area (Å²) in [7, 11) is 0. The zero-order valence-electron chi connectivity index (χ0n) is 18.1. The molecule has 0 saturated carbocycles. The lowest BCUT2D eigenvalue weighted by atomic mass is 10.2. The van der Waals surface area contributed by atoms with Gasteiger partial charge in [0.15, 0.2) is 0 Å². The number of rotatable bonds is 6. The number of nitrogens with one attached hydrogen (secondary N) is 1. The van der Waals surface area contributed by atoms with Crippen LogP contribution in [0, 0.1) is 6.92 Å². The van der Waals surface area contributed by atoms with Crippen molar-refractivity contribution in [2.75, 3.05) is 23.3 Å². The van der Waals surface area contributed by atoms with Gasteiger partial charge in [-0.25, -0.2) is 4.98 Å². The zero-order valence-corrected chi connectivity index (χ0v) is 18.1. The molecular weight excluding hydrogens is 400 g/mol. The highest BCUT2D eigenvalue weighted by molar-refractivity contribution is 6.06. The fraction of sp³-hybridized carbons (Fsp3) is 0.231. The summed E-state index contributed by atoms with van der Waals surface area (Å²) in [6.07, 6.45) is 6.40. The van der Waals surface area contributed by atoms with E-state index in [1.54, 1.807) is 12.1 Å². The zero-order chi connectivity index (χ0) is 21.9. The summed E-state index contributed by atoms with van der Waals surface area (Å²) in [4.78, 5) is 19.7. The fourth-order valence-electron chi connectivity index (χ4n) is 4.09. The maximum Gasteiger partial charge on any atom is 0.255 e. The topological polar surface area (TPSA) is 58.9 Å². The molecule has 0 bridgehead atoms. The summed E-state index contributed by atoms with van der Waals surface area (Å²) >= 11 is 0. The molecule has 5 rings (SSSR count). The van der Waals surface area contributed by atoms with Crippen molar-refractivity contribution in [3.8, 4) is 5.75 Å². The van der Waals surface area contributed by atoms with E-state index in [4.69, 9.17) is 4.74 Å². The van der Waals surface area contributed by atoms with Gasteiger partial charge in [0.25, 0.3) is 5.91 Å². The molecule has 32 heavy (non-hydrogen) atoms. The minimum Gasteiger partial charge on any atom is -0.487 e. The molecule has 1 aliphatic heterocycles. The molecule has 1 aliphatic rings. The van der Waals surface area contributed by atoms with E-state index < -0.39 is 0 Å². The largest absolute Gasteiger partial charge is 0.487 e. The minimum atomic E-state index is -0.126. The van der Waals surface area contributed by atoms with Crippen molar-refractivity contribution >= 4 is 22.9 Å². The van der Waals surface area contributed by atoms with Crippen LogP contribution in [0.5, 0.6) is 5.75 Å². The van der Waals surface area contributed by atoms with E-state index in [1.807, 2.05) is 59.3 Å². The standard InChI is InChI=1S/C26H26N4O2/c1-19-8-13-25-27-21(17-30(25)16-19)18-32-22-11-9-20(10-12-22)26(31)28-23-6-2-3-7-24(23)29-14-4-5-15-29/h2-3,6-13,16-17H,4-5,14-15,18H2,1H3,(H,28,31). The first-order chi connectivity index (χ1) is 15.7. The van der Waals surface area contributed by atoms with Crippen LogP contribution in [0.15, 0.2) is 73.1 Å². The summed E-state index contributed by atoms with van der Waals surface area (Å²) in [5.41, 5.74) is 5.46. The van der Waals surface area contributed by atoms with Gasteiger partial charge in [-0.3, -0.25) is 4.79 Å². The molecule has 1 amide bonds. The number of fused-ring (bicyclic) bond motifs is 1. The van der Waals surface area contributed by atoms with Gasteiger partial charge in [0.2, 0.25) is 0 Å². The van der Waals surface area contributed by atoms with Gasteiger partial charge in [0.1, 0.15) is 18.0 Å². The third-order valence-electron chi connectivity index (χ3n) is 5.75. The molecule has 1 N–H and O–H groups in total. The number of hydrogen-bond donors (Lipinski definition) is 1. The van der Waals surface area contributed by atoms with Gasteiger partial charge in [-0.15, -0.1) is 0 Å². The number of anilines is 2. The number of para-hydroxylation sites is 2. The second-order valence-corrected chi connectivity index (χ2v) is 8.18. The van der Waals surface area contributed by atoms with Crippen molar-refractivity contribution in [3.05, 3.63) is 89.9 Å². The van der Waals surface area contributed by atoms with E-state index in [1.165, 1.54) is 18.4 Å². The number of benzene rings is 2. The van der Waals surface area contributed by atoms with Crippen LogP contribution in [0.25, 0.3) is 5.65 Å². The van der Waals surface area contributed by atoms with Crippen LogP contribution in [-0.2, 0) is 6.61 Å². The van der Waals surface area contributed by atoms with Crippen LogP contribution in [0.1, 0.15) is 34.5 Å². The summed E-state index contributed by atoms with van der Waals surface area (Å²) in [6, 6.07) is 19.2. The van der Waals surface area contributed by atoms with Crippen molar-refractivity contribution in [2.24, 2.45) is 0 Å². The van der Waals surface area contributed by atoms with Gasteiger partial charge in [-0.1, -0.05) is 18.2 Å². The van der Waals surface area contributed by atoms with E-state index in [-0.39, 0.29) is 5.91 Å². The third kappa shape index (κ3) is 4.30. The Morgan fingerprint density at radius 2 is 1.78 bits per heavy atom. The number of aromatic nitrogens is 2. The number of nitrogens with zero attached hydrogens (tertiary/aromatic N) is 3. The monoisotopic (exact) mass is 426 g/mol. The van der Waals surface area contributed by atoms with Gasteiger partial charge < -0.3 is 19.4 Å². The van der Waals surface area contributed by atoms with E-state index >= 15 is 0 Å². The Morgan fingerprint density at radius 3 is 2.59 bits per heavy atom. The van der Waals surface area contributed by atoms with Gasteiger partial charge >= 0.3 is 0 Å². The lowest BCUT2D eigenvalue weighted by Crippen LogP contribution is -2.21. The summed E-state index contributed by atoms with van der Waals surface area (Å²) in [5, 5.41) is 3.07. The maximum atomic E-state index is 12.8. The highest BCUT2D eigenvalue weighted by atomic mass is 16.5. The first kappa shape index (κ1) is 20.1. The number of pyridine rings is 1. The normalized spacial score (nSPS) is 13.5. The Bertz CT molecular complexity index is 1240. The van der Waals surface area contributed by atoms with E-state index in [0.717, 1.165) is 35.8 Å². The molecule has 1 fully saturated rings. The highest BCUT2D eigenvalue weighted by Crippen LogP contribution is 2.29. The molecule has 162 valence electrons. The molecule has 2 aromatic carbocycles. The Morgan fingerprint density at radius 1 is 1.00 bits per heavy atom. The number of imidazole rings is 1. The van der Waals surface area contributed by atoms with Crippen LogP contribution < -0.4 is 15.0 Å². The molecule has 3 heterocycles. The van der Waals surface area contributed by atoms with Crippen molar-refractivity contribution in [1.29, 1.82) is 0 Å². The Kier molecular flexibility index (Phi) is 5.50. The molecule has 6 heteroatoms. The van der Waals surface area contributed by atoms with E-state index in [2.05, 4.69) is 28.2 Å². The predicted molar refractivity (Wildman–Crippen MR) is 127 cm³/mol. The van der Waals surface area contributed by atoms with Crippen LogP contribution in [-0.4, -0.2) is 28.4 Å². The Labute approximate surface area is 187 Å². The maximum absolute atomic E-state index is 12.8. The van der Waals surface area contributed by atoms with Crippen LogP contribution in [0.4, 0.5) is 11.4 Å². The van der Waals surface area contributed by atoms with Crippen LogP contribution in [0.3, 0.4) is 0 Å². The van der Waals surface area contributed by atoms with Crippen molar-refractivity contribution < 1.29 is 9.53 Å². The second kappa shape index (κ2) is 8.75. The first-order valence-corrected chi connectivity index (χ1v) is 11.0. The quantitative estimate of drug-likeness (QED) is 0.467. The molecule has 4 aromatic rings. The van der Waals surface area contributed by atoms with Gasteiger partial charge in [0.05, 0.1) is 17.1 Å². The predicted octanol–water partition coefficient (Wildman–Crippen LogP) is 5.07. The van der Waals surface area contributed by atoms with Gasteiger partial charge in [-0.05, 0) is 67.8 Å². The SMILES string of the molecule is Cc1ccc2nc(COc3ccc(C(=O)Nc4ccccc4N4CCCC4)cc3)cn2c1. The lowest BCUT2D eigenvalue weighted by molar-refractivity contribution is 0.102. The van der Waals surface area contributed by atoms with Crippen molar-refractivity contribution in [1.82, 2.24) is 9.38 Å². The molecule has 0 atom stereocenters. The number of hydrogen-bond acceptors (Lipinski definition) is 4. The molecule has 0 radical (unpaired) electrons. The number of aryl methyl sites for hydroxylation is 1. The summed E-state index contributed by atoms with van der Waals surface area (Å²) in [6.45, 7) is 4.49. The molecule has 0 spiro atoms. The molecule has 2 aromatic heterocycles. The smallest absolute Gasteiger partial charge is 0.255 e. The van der Waals surface area contributed by atoms with E-state index in [9.17, 15) is 4.79 Å². The van der Waals surface area contributed by atoms with Crippen LogP contribution in [0.2, 0.25) is 0 Å². The van der Waals surface area contributed by atoms with Gasteiger partial charge in [0, 0.05) is 31.0 Å². The minimum absolute atomic E-state index is 0.126. The average molecular weight is 427 g/mol. The molecular formula is C26H26N4O2. The van der Waals surface area contributed by atoms with Gasteiger partial charge in [-0.2, -0.15) is 0 Å². The van der Waals surface area contributed by atoms with Crippen LogP contribution >= 0.6 is 0 Å². The highest BCUT2D eigenvalue weighted by Gasteiger charge is 2.17. The number of carbonyl (C=O) groups excluding carboxylic acids is 1. The number of ether oxygens (including phenoxy) is 1. The van der Waals surface area contributed by atoms with Crippen molar-refractivity contribution in [2.45, 2.75) is 26.4 Å². The lowest BCUT2D eigenvalue weighted by Gasteiger charge is -2.21. The Hall–Kier alpha value is -3.80. The molecule has 1 saturated heterocycles. The fourth-order valence-corrected chi connectivity index (χ4v) is 4.09. The second-order valence-electron chi connectivity index (χ2n) is 8.18.